The first-order valence-electron chi connectivity index (χ1n) is 6.77. The molecule has 0 heterocycles. The van der Waals surface area contributed by atoms with Crippen molar-refractivity contribution in [3.05, 3.63) is 64.7 Å². The second-order valence-electron chi connectivity index (χ2n) is 4.74. The number of rotatable bonds is 4. The van der Waals surface area contributed by atoms with Gasteiger partial charge in [-0.3, -0.25) is 4.79 Å². The smallest absolute Gasteiger partial charge is 0.338 e. The average molecular weight is 329 g/mol. The predicted octanol–water partition coefficient (Wildman–Crippen LogP) is 3.40. The molecule has 0 bridgehead atoms. The van der Waals surface area contributed by atoms with Gasteiger partial charge in [0, 0.05) is 10.7 Å². The van der Waals surface area contributed by atoms with Gasteiger partial charge in [0.1, 0.15) is 0 Å². The van der Waals surface area contributed by atoms with E-state index in [4.69, 9.17) is 21.6 Å². The Morgan fingerprint density at radius 3 is 2.65 bits per heavy atom. The lowest BCUT2D eigenvalue weighted by Gasteiger charge is -2.13. The molecule has 0 aliphatic heterocycles. The third-order valence-electron chi connectivity index (χ3n) is 2.97. The highest BCUT2D eigenvalue weighted by Gasteiger charge is 2.19. The van der Waals surface area contributed by atoms with Crippen molar-refractivity contribution in [1.82, 2.24) is 0 Å². The highest BCUT2D eigenvalue weighted by Crippen LogP contribution is 2.14. The molecule has 2 rings (SSSR count). The molecule has 0 spiro atoms. The fourth-order valence-corrected chi connectivity index (χ4v) is 2.00. The van der Waals surface area contributed by atoms with Crippen LogP contribution in [-0.2, 0) is 9.53 Å². The molecule has 1 N–H and O–H groups in total. The van der Waals surface area contributed by atoms with Gasteiger partial charge in [-0.25, -0.2) is 4.79 Å². The number of amides is 1. The van der Waals surface area contributed by atoms with Gasteiger partial charge in [0.15, 0.2) is 6.10 Å². The van der Waals surface area contributed by atoms with Crippen molar-refractivity contribution in [2.75, 3.05) is 5.32 Å². The highest BCUT2D eigenvalue weighted by molar-refractivity contribution is 6.30. The van der Waals surface area contributed by atoms with Crippen LogP contribution in [0.25, 0.3) is 0 Å². The van der Waals surface area contributed by atoms with Gasteiger partial charge in [-0.15, -0.1) is 0 Å². The van der Waals surface area contributed by atoms with Crippen LogP contribution in [0.5, 0.6) is 0 Å². The third kappa shape index (κ3) is 4.56. The fraction of sp³-hybridized carbons (Fsp3) is 0.118. The van der Waals surface area contributed by atoms with Crippen molar-refractivity contribution in [3.63, 3.8) is 0 Å². The van der Waals surface area contributed by atoms with E-state index in [2.05, 4.69) is 5.32 Å². The van der Waals surface area contributed by atoms with Crippen LogP contribution in [0.15, 0.2) is 48.5 Å². The number of esters is 1. The number of halogens is 1. The van der Waals surface area contributed by atoms with Crippen molar-refractivity contribution < 1.29 is 14.3 Å². The lowest BCUT2D eigenvalue weighted by Crippen LogP contribution is -2.30. The van der Waals surface area contributed by atoms with Crippen molar-refractivity contribution >= 4 is 29.2 Å². The largest absolute Gasteiger partial charge is 0.449 e. The van der Waals surface area contributed by atoms with Crippen LogP contribution in [-0.4, -0.2) is 18.0 Å². The molecule has 23 heavy (non-hydrogen) atoms. The van der Waals surface area contributed by atoms with E-state index in [9.17, 15) is 9.59 Å². The minimum absolute atomic E-state index is 0.267. The van der Waals surface area contributed by atoms with E-state index in [1.807, 2.05) is 6.07 Å². The Kier molecular flexibility index (Phi) is 5.34. The van der Waals surface area contributed by atoms with Gasteiger partial charge in [-0.05, 0) is 43.3 Å². The molecule has 0 unspecified atom stereocenters. The number of hydrogen-bond acceptors (Lipinski definition) is 4. The molecular weight excluding hydrogens is 316 g/mol. The van der Waals surface area contributed by atoms with Crippen LogP contribution in [0.4, 0.5) is 5.69 Å². The second kappa shape index (κ2) is 7.43. The van der Waals surface area contributed by atoms with Crippen LogP contribution in [0.3, 0.4) is 0 Å². The molecule has 0 saturated carbocycles. The lowest BCUT2D eigenvalue weighted by molar-refractivity contribution is -0.123. The SMILES string of the molecule is C[C@H](OC(=O)c1cccc(Cl)c1)C(=O)Nc1cccc(C#N)c1. The maximum atomic E-state index is 12.0. The number of nitriles is 1. The zero-order valence-corrected chi connectivity index (χ0v) is 13.0. The number of benzene rings is 2. The van der Waals surface area contributed by atoms with E-state index in [1.54, 1.807) is 36.4 Å². The average Bonchev–Trinajstić information content (AvgIpc) is 2.54. The first kappa shape index (κ1) is 16.5. The molecule has 1 atom stereocenters. The minimum atomic E-state index is -0.993. The molecule has 2 aromatic rings. The van der Waals surface area contributed by atoms with Crippen LogP contribution in [0.1, 0.15) is 22.8 Å². The first-order chi connectivity index (χ1) is 11.0. The van der Waals surface area contributed by atoms with E-state index < -0.39 is 18.0 Å². The molecule has 0 aliphatic carbocycles. The molecule has 0 fully saturated rings. The van der Waals surface area contributed by atoms with Gasteiger partial charge in [0.25, 0.3) is 5.91 Å². The van der Waals surface area contributed by atoms with Crippen molar-refractivity contribution in [2.24, 2.45) is 0 Å². The number of nitrogens with one attached hydrogen (secondary N) is 1. The van der Waals surface area contributed by atoms with Crippen molar-refractivity contribution in [3.8, 4) is 6.07 Å². The highest BCUT2D eigenvalue weighted by atomic mass is 35.5. The van der Waals surface area contributed by atoms with Crippen LogP contribution in [0.2, 0.25) is 5.02 Å². The van der Waals surface area contributed by atoms with Crippen LogP contribution in [0, 0.1) is 11.3 Å². The minimum Gasteiger partial charge on any atom is -0.449 e. The summed E-state index contributed by atoms with van der Waals surface area (Å²) in [5.74, 6) is -1.13. The summed E-state index contributed by atoms with van der Waals surface area (Å²) < 4.78 is 5.11. The fourth-order valence-electron chi connectivity index (χ4n) is 1.81. The molecule has 5 nitrogen and oxygen atoms in total. The molecule has 2 aromatic carbocycles. The van der Waals surface area contributed by atoms with Crippen LogP contribution < -0.4 is 5.32 Å². The normalized spacial score (nSPS) is 11.2. The summed E-state index contributed by atoms with van der Waals surface area (Å²) in [4.78, 5) is 24.0. The van der Waals surface area contributed by atoms with E-state index in [1.165, 1.54) is 19.1 Å². The zero-order valence-electron chi connectivity index (χ0n) is 12.2. The number of hydrogen-bond donors (Lipinski definition) is 1. The van der Waals surface area contributed by atoms with Gasteiger partial charge in [0.05, 0.1) is 17.2 Å². The van der Waals surface area contributed by atoms with Gasteiger partial charge in [0.2, 0.25) is 0 Å². The molecular formula is C17H13ClN2O3. The Bertz CT molecular complexity index is 783. The standard InChI is InChI=1S/C17H13ClN2O3/c1-11(23-17(22)13-5-3-6-14(18)9-13)16(21)20-15-7-2-4-12(8-15)10-19/h2-9,11H,1H3,(H,20,21)/t11-/m0/s1. The summed E-state index contributed by atoms with van der Waals surface area (Å²) in [6.45, 7) is 1.46. The van der Waals surface area contributed by atoms with E-state index >= 15 is 0 Å². The summed E-state index contributed by atoms with van der Waals surface area (Å²) in [7, 11) is 0. The van der Waals surface area contributed by atoms with E-state index in [-0.39, 0.29) is 5.56 Å². The zero-order chi connectivity index (χ0) is 16.8. The first-order valence-corrected chi connectivity index (χ1v) is 7.15. The van der Waals surface area contributed by atoms with E-state index in [0.717, 1.165) is 0 Å². The molecule has 0 aliphatic rings. The summed E-state index contributed by atoms with van der Waals surface area (Å²) >= 11 is 5.81. The Morgan fingerprint density at radius 1 is 1.22 bits per heavy atom. The third-order valence-corrected chi connectivity index (χ3v) is 3.21. The number of nitrogens with zero attached hydrogens (tertiary/aromatic N) is 1. The summed E-state index contributed by atoms with van der Waals surface area (Å²) in [5.41, 5.74) is 1.15. The molecule has 0 saturated heterocycles. The van der Waals surface area contributed by atoms with Gasteiger partial charge in [-0.2, -0.15) is 5.26 Å². The van der Waals surface area contributed by atoms with Crippen molar-refractivity contribution in [2.45, 2.75) is 13.0 Å². The van der Waals surface area contributed by atoms with E-state index in [0.29, 0.717) is 16.3 Å². The van der Waals surface area contributed by atoms with Crippen LogP contribution >= 0.6 is 11.6 Å². The van der Waals surface area contributed by atoms with Gasteiger partial charge < -0.3 is 10.1 Å². The van der Waals surface area contributed by atoms with Gasteiger partial charge in [-0.1, -0.05) is 23.7 Å². The number of carbonyl (C=O) groups excluding carboxylic acids is 2. The molecule has 0 aromatic heterocycles. The monoisotopic (exact) mass is 328 g/mol. The number of anilines is 1. The summed E-state index contributed by atoms with van der Waals surface area (Å²) in [6, 6.07) is 14.7. The maximum Gasteiger partial charge on any atom is 0.338 e. The number of carbonyl (C=O) groups is 2. The Morgan fingerprint density at radius 2 is 1.96 bits per heavy atom. The molecule has 1 amide bonds. The van der Waals surface area contributed by atoms with Crippen molar-refractivity contribution in [1.29, 1.82) is 5.26 Å². The topological polar surface area (TPSA) is 79.2 Å². The summed E-state index contributed by atoms with van der Waals surface area (Å²) in [6.07, 6.45) is -0.993. The maximum absolute atomic E-state index is 12.0. The Labute approximate surface area is 138 Å². The Balaban J connectivity index is 1.99. The Hall–Kier alpha value is -2.84. The van der Waals surface area contributed by atoms with Gasteiger partial charge >= 0.3 is 5.97 Å². The number of ether oxygens (including phenoxy) is 1. The molecule has 0 radical (unpaired) electrons. The second-order valence-corrected chi connectivity index (χ2v) is 5.18. The molecule has 116 valence electrons. The molecule has 6 heteroatoms. The quantitative estimate of drug-likeness (QED) is 0.872. The summed E-state index contributed by atoms with van der Waals surface area (Å²) in [5, 5.41) is 11.8. The predicted molar refractivity (Wildman–Crippen MR) is 86.1 cm³/mol. The lowest BCUT2D eigenvalue weighted by atomic mass is 10.2.